The Labute approximate surface area is 361 Å². The monoisotopic (exact) mass is 826 g/mol. The van der Waals surface area contributed by atoms with Crippen molar-refractivity contribution in [1.29, 1.82) is 0 Å². The van der Waals surface area contributed by atoms with Crippen molar-refractivity contribution in [2.75, 3.05) is 41.0 Å². The second-order valence-electron chi connectivity index (χ2n) is 16.6. The maximum atomic E-state index is 12.7. The molecule has 0 spiro atoms. The van der Waals surface area contributed by atoms with Crippen LogP contribution in [0.4, 0.5) is 0 Å². The van der Waals surface area contributed by atoms with Crippen molar-refractivity contribution in [3.8, 4) is 0 Å². The SMILES string of the molecule is CC/C=C/C/C=C/C/C=C/C/C=C/C/C=C/CCCC(=O)OC(COCCC(C(=O)[O-])[N+](C)(C)C)COC(=O)CCCCCCC/C=C/CCCCCCCCCCC. The topological polar surface area (TPSA) is 102 Å². The second-order valence-corrected chi connectivity index (χ2v) is 16.6. The Hall–Kier alpha value is -3.23. The standard InChI is InChI=1S/C51H87NO7/c1-6-8-10-12-14-16-18-20-22-24-26-27-29-31-33-35-37-39-41-49(53)58-46-47(45-57-44-43-48(51(55)56)52(3,4)5)59-50(54)42-40-38-36-34-32-30-28-25-23-21-19-17-15-13-11-9-7-2/h9,11,15,17,21,23,26-28,30,34,36,47-48H,6-8,10,12-14,16,18-20,22,24-25,29,31-33,35,37-46H2,1-5H3/b11-9+,17-15+,23-21+,27-26+,30-28+,36-34+. The number of hydrogen-bond donors (Lipinski definition) is 0. The number of allylic oxidation sites excluding steroid dienone is 12. The van der Waals surface area contributed by atoms with Crippen LogP contribution < -0.4 is 5.11 Å². The van der Waals surface area contributed by atoms with Crippen molar-refractivity contribution in [1.82, 2.24) is 0 Å². The lowest BCUT2D eigenvalue weighted by Gasteiger charge is -2.34. The summed E-state index contributed by atoms with van der Waals surface area (Å²) in [5, 5.41) is 11.6. The molecule has 59 heavy (non-hydrogen) atoms. The van der Waals surface area contributed by atoms with E-state index in [1.807, 2.05) is 0 Å². The number of carbonyl (C=O) groups excluding carboxylic acids is 3. The van der Waals surface area contributed by atoms with Gasteiger partial charge in [-0.05, 0) is 77.0 Å². The molecule has 2 unspecified atom stereocenters. The molecular weight excluding hydrogens is 739 g/mol. The Morgan fingerprint density at radius 3 is 1.47 bits per heavy atom. The van der Waals surface area contributed by atoms with E-state index < -0.39 is 18.1 Å². The molecule has 0 aliphatic carbocycles. The number of carbonyl (C=O) groups is 3. The average Bonchev–Trinajstić information content (AvgIpc) is 3.19. The molecule has 0 aliphatic heterocycles. The summed E-state index contributed by atoms with van der Waals surface area (Å²) in [7, 11) is 5.38. The van der Waals surface area contributed by atoms with E-state index in [0.717, 1.165) is 70.6 Å². The predicted octanol–water partition coefficient (Wildman–Crippen LogP) is 11.8. The van der Waals surface area contributed by atoms with Crippen molar-refractivity contribution < 1.29 is 38.2 Å². The number of ether oxygens (including phenoxy) is 3. The fourth-order valence-electron chi connectivity index (χ4n) is 6.45. The van der Waals surface area contributed by atoms with Gasteiger partial charge >= 0.3 is 11.9 Å². The number of unbranched alkanes of at least 4 members (excludes halogenated alkanes) is 15. The minimum absolute atomic E-state index is 0.0122. The van der Waals surface area contributed by atoms with Gasteiger partial charge in [-0.3, -0.25) is 9.59 Å². The zero-order valence-corrected chi connectivity index (χ0v) is 38.4. The van der Waals surface area contributed by atoms with E-state index in [4.69, 9.17) is 14.2 Å². The second kappa shape index (κ2) is 41.5. The highest BCUT2D eigenvalue weighted by atomic mass is 16.6. The van der Waals surface area contributed by atoms with Crippen LogP contribution in [0.25, 0.3) is 0 Å². The first-order chi connectivity index (χ1) is 28.6. The Balaban J connectivity index is 4.42. The van der Waals surface area contributed by atoms with Gasteiger partial charge < -0.3 is 28.6 Å². The van der Waals surface area contributed by atoms with E-state index in [1.54, 1.807) is 21.1 Å². The van der Waals surface area contributed by atoms with Crippen LogP contribution >= 0.6 is 0 Å². The molecule has 2 atom stereocenters. The smallest absolute Gasteiger partial charge is 0.306 e. The van der Waals surface area contributed by atoms with E-state index in [2.05, 4.69) is 86.8 Å². The quantitative estimate of drug-likeness (QED) is 0.0262. The highest BCUT2D eigenvalue weighted by Crippen LogP contribution is 2.13. The molecule has 0 saturated carbocycles. The maximum absolute atomic E-state index is 12.7. The first-order valence-electron chi connectivity index (χ1n) is 23.5. The van der Waals surface area contributed by atoms with Crippen molar-refractivity contribution in [2.24, 2.45) is 0 Å². The molecule has 8 nitrogen and oxygen atoms in total. The molecule has 0 aromatic heterocycles. The third-order valence-corrected chi connectivity index (χ3v) is 10.1. The van der Waals surface area contributed by atoms with Crippen LogP contribution in [0.2, 0.25) is 0 Å². The molecule has 8 heteroatoms. The first-order valence-corrected chi connectivity index (χ1v) is 23.5. The van der Waals surface area contributed by atoms with Crippen LogP contribution in [0.5, 0.6) is 0 Å². The van der Waals surface area contributed by atoms with Gasteiger partial charge in [0.2, 0.25) is 0 Å². The van der Waals surface area contributed by atoms with Crippen molar-refractivity contribution in [2.45, 2.75) is 193 Å². The number of quaternary nitrogens is 1. The zero-order valence-electron chi connectivity index (χ0n) is 38.4. The average molecular weight is 826 g/mol. The molecule has 0 bridgehead atoms. The largest absolute Gasteiger partial charge is 0.544 e. The highest BCUT2D eigenvalue weighted by molar-refractivity contribution is 5.70. The zero-order chi connectivity index (χ0) is 43.5. The number of likely N-dealkylation sites (N-methyl/N-ethyl adjacent to an activating group) is 1. The molecule has 0 rings (SSSR count). The van der Waals surface area contributed by atoms with E-state index in [9.17, 15) is 19.5 Å². The molecule has 0 saturated heterocycles. The summed E-state index contributed by atoms with van der Waals surface area (Å²) >= 11 is 0. The van der Waals surface area contributed by atoms with Gasteiger partial charge in [-0.2, -0.15) is 0 Å². The summed E-state index contributed by atoms with van der Waals surface area (Å²) in [4.78, 5) is 36.9. The Morgan fingerprint density at radius 1 is 0.525 bits per heavy atom. The molecule has 0 aromatic carbocycles. The summed E-state index contributed by atoms with van der Waals surface area (Å²) in [5.74, 6) is -1.83. The van der Waals surface area contributed by atoms with Crippen molar-refractivity contribution in [3.05, 3.63) is 72.9 Å². The number of nitrogens with zero attached hydrogens (tertiary/aromatic N) is 1. The Kier molecular flexibility index (Phi) is 39.2. The highest BCUT2D eigenvalue weighted by Gasteiger charge is 2.25. The third kappa shape index (κ3) is 40.0. The predicted molar refractivity (Wildman–Crippen MR) is 245 cm³/mol. The summed E-state index contributed by atoms with van der Waals surface area (Å²) in [6.07, 6.45) is 52.2. The normalized spacial score (nSPS) is 13.6. The minimum Gasteiger partial charge on any atom is -0.544 e. The van der Waals surface area contributed by atoms with Gasteiger partial charge in [0.05, 0.1) is 40.3 Å². The number of esters is 2. The molecule has 0 fully saturated rings. The van der Waals surface area contributed by atoms with Crippen molar-refractivity contribution in [3.63, 3.8) is 0 Å². The minimum atomic E-state index is -1.14. The molecule has 0 N–H and O–H groups in total. The van der Waals surface area contributed by atoms with Crippen LogP contribution in [0, 0.1) is 0 Å². The fourth-order valence-corrected chi connectivity index (χ4v) is 6.45. The van der Waals surface area contributed by atoms with Crippen LogP contribution in [0.3, 0.4) is 0 Å². The Morgan fingerprint density at radius 2 is 0.966 bits per heavy atom. The maximum Gasteiger partial charge on any atom is 0.306 e. The molecule has 0 radical (unpaired) electrons. The van der Waals surface area contributed by atoms with Gasteiger partial charge in [0.15, 0.2) is 6.10 Å². The summed E-state index contributed by atoms with van der Waals surface area (Å²) in [6, 6.07) is -0.740. The molecule has 0 aliphatic rings. The third-order valence-electron chi connectivity index (χ3n) is 10.1. The van der Waals surface area contributed by atoms with Crippen LogP contribution in [-0.2, 0) is 28.6 Å². The van der Waals surface area contributed by atoms with Crippen LogP contribution in [0.15, 0.2) is 72.9 Å². The lowest BCUT2D eigenvalue weighted by molar-refractivity contribution is -0.889. The summed E-state index contributed by atoms with van der Waals surface area (Å²) in [6.45, 7) is 4.47. The van der Waals surface area contributed by atoms with E-state index in [-0.39, 0.29) is 49.1 Å². The molecule has 0 heterocycles. The summed E-state index contributed by atoms with van der Waals surface area (Å²) < 4.78 is 17.1. The van der Waals surface area contributed by atoms with Crippen LogP contribution in [-0.4, -0.2) is 75.5 Å². The lowest BCUT2D eigenvalue weighted by Crippen LogP contribution is -2.55. The van der Waals surface area contributed by atoms with Gasteiger partial charge in [0.1, 0.15) is 12.6 Å². The molecule has 0 amide bonds. The van der Waals surface area contributed by atoms with Gasteiger partial charge in [-0.25, -0.2) is 0 Å². The molecule has 338 valence electrons. The fraction of sp³-hybridized carbons (Fsp3) is 0.706. The molecular formula is C51H87NO7. The van der Waals surface area contributed by atoms with Crippen LogP contribution in [0.1, 0.15) is 181 Å². The number of carboxylic acid groups (broad SMARTS) is 1. The number of rotatable bonds is 41. The Bertz CT molecular complexity index is 1190. The van der Waals surface area contributed by atoms with Crippen molar-refractivity contribution >= 4 is 17.9 Å². The van der Waals surface area contributed by atoms with E-state index in [1.165, 1.54) is 70.6 Å². The van der Waals surface area contributed by atoms with Gasteiger partial charge in [-0.1, -0.05) is 157 Å². The lowest BCUT2D eigenvalue weighted by atomic mass is 10.1. The van der Waals surface area contributed by atoms with E-state index in [0.29, 0.717) is 12.8 Å². The summed E-state index contributed by atoms with van der Waals surface area (Å²) in [5.41, 5.74) is 0. The van der Waals surface area contributed by atoms with Gasteiger partial charge in [-0.15, -0.1) is 0 Å². The number of aliphatic carboxylic acids is 1. The first kappa shape index (κ1) is 55.8. The van der Waals surface area contributed by atoms with Gasteiger partial charge in [0, 0.05) is 19.3 Å². The van der Waals surface area contributed by atoms with E-state index >= 15 is 0 Å². The van der Waals surface area contributed by atoms with Gasteiger partial charge in [0.25, 0.3) is 0 Å². The number of hydrogen-bond acceptors (Lipinski definition) is 7. The number of carboxylic acids is 1. The molecule has 0 aromatic rings.